The molecule has 1 atom stereocenters. The van der Waals surface area contributed by atoms with E-state index in [1.807, 2.05) is 0 Å². The Hall–Kier alpha value is -3.77. The number of ketones is 1. The van der Waals surface area contributed by atoms with Crippen LogP contribution in [0.5, 0.6) is 5.75 Å². The maximum absolute atomic E-state index is 13.4. The molecule has 4 rings (SSSR count). The van der Waals surface area contributed by atoms with Gasteiger partial charge in [-0.3, -0.25) is 9.78 Å². The summed E-state index contributed by atoms with van der Waals surface area (Å²) in [5.41, 5.74) is 0.0846. The van der Waals surface area contributed by atoms with Crippen LogP contribution in [0.25, 0.3) is 22.2 Å². The van der Waals surface area contributed by atoms with Gasteiger partial charge in [0.15, 0.2) is 5.78 Å². The summed E-state index contributed by atoms with van der Waals surface area (Å²) in [6.07, 6.45) is -3.09. The third-order valence-corrected chi connectivity index (χ3v) is 7.02. The minimum atomic E-state index is -4.60. The minimum Gasteiger partial charge on any atom is -0.507 e. The van der Waals surface area contributed by atoms with Gasteiger partial charge in [0.05, 0.1) is 17.3 Å². The number of benzene rings is 2. The van der Waals surface area contributed by atoms with Crippen molar-refractivity contribution in [2.45, 2.75) is 37.1 Å². The number of hydrogen-bond acceptors (Lipinski definition) is 6. The summed E-state index contributed by atoms with van der Waals surface area (Å²) in [5.74, 6) is -1.57. The van der Waals surface area contributed by atoms with Crippen LogP contribution in [-0.4, -0.2) is 30.3 Å². The van der Waals surface area contributed by atoms with E-state index >= 15 is 0 Å². The number of furan rings is 1. The van der Waals surface area contributed by atoms with Crippen LogP contribution >= 0.6 is 0 Å². The van der Waals surface area contributed by atoms with E-state index in [4.69, 9.17) is 4.42 Å². The third-order valence-electron chi connectivity index (χ3n) is 5.62. The lowest BCUT2D eigenvalue weighted by Crippen LogP contribution is -2.38. The van der Waals surface area contributed by atoms with Gasteiger partial charge in [0.1, 0.15) is 17.1 Å². The van der Waals surface area contributed by atoms with Crippen LogP contribution in [-0.2, 0) is 27.4 Å². The maximum Gasteiger partial charge on any atom is 0.416 e. The number of aromatic nitrogens is 1. The van der Waals surface area contributed by atoms with E-state index < -0.39 is 50.2 Å². The number of nitrogens with one attached hydrogen (secondary N) is 1. The van der Waals surface area contributed by atoms with Gasteiger partial charge in [-0.15, -0.1) is 0 Å². The fourth-order valence-corrected chi connectivity index (χ4v) is 4.86. The van der Waals surface area contributed by atoms with Crippen LogP contribution in [0.2, 0.25) is 0 Å². The first-order valence-electron chi connectivity index (χ1n) is 10.9. The molecule has 37 heavy (non-hydrogen) atoms. The molecule has 0 aliphatic carbocycles. The average molecular weight is 537 g/mol. The van der Waals surface area contributed by atoms with Crippen LogP contribution in [0.3, 0.4) is 0 Å². The number of aryl methyl sites for hydroxylation is 1. The molecule has 0 radical (unpaired) electrons. The SMILES string of the molecule is CC(NS(=O)(=O)c1cc2cc(F)ccc2o1)C(=O)CCc1ccnc(-c2ccc(C(F)(F)F)cc2O)c1. The fraction of sp³-hybridized carbons (Fsp3) is 0.200. The van der Waals surface area contributed by atoms with Crippen LogP contribution in [0.1, 0.15) is 24.5 Å². The smallest absolute Gasteiger partial charge is 0.416 e. The first-order valence-corrected chi connectivity index (χ1v) is 12.4. The van der Waals surface area contributed by atoms with Gasteiger partial charge in [0.2, 0.25) is 5.09 Å². The molecule has 12 heteroatoms. The standard InChI is InChI=1S/C25H20F4N2O5S/c1-14(31-37(34,35)24-12-16-11-18(26)4-7-23(16)36-24)21(32)6-2-15-8-9-30-20(10-15)19-5-3-17(13-22(19)33)25(27,28)29/h3-5,7-14,31,33H,2,6H2,1H3. The molecule has 0 aliphatic rings. The van der Waals surface area contributed by atoms with Gasteiger partial charge < -0.3 is 9.52 Å². The number of pyridine rings is 1. The molecule has 0 amide bonds. The Kier molecular flexibility index (Phi) is 7.07. The summed E-state index contributed by atoms with van der Waals surface area (Å²) >= 11 is 0. The molecule has 2 aromatic heterocycles. The number of Topliss-reactive ketones (excluding diaryl/α,β-unsaturated/α-hetero) is 1. The van der Waals surface area contributed by atoms with Gasteiger partial charge in [-0.25, -0.2) is 12.8 Å². The Bertz CT molecular complexity index is 1580. The van der Waals surface area contributed by atoms with Crippen molar-refractivity contribution in [3.05, 3.63) is 77.7 Å². The third kappa shape index (κ3) is 5.97. The number of phenols is 1. The van der Waals surface area contributed by atoms with Gasteiger partial charge in [-0.2, -0.15) is 17.9 Å². The van der Waals surface area contributed by atoms with E-state index in [0.717, 1.165) is 30.3 Å². The quantitative estimate of drug-likeness (QED) is 0.299. The zero-order chi connectivity index (χ0) is 27.0. The lowest BCUT2D eigenvalue weighted by Gasteiger charge is -2.13. The van der Waals surface area contributed by atoms with E-state index in [1.54, 1.807) is 6.07 Å². The molecule has 0 saturated carbocycles. The number of hydrogen-bond donors (Lipinski definition) is 2. The van der Waals surface area contributed by atoms with E-state index in [0.29, 0.717) is 11.6 Å². The number of fused-ring (bicyclic) bond motifs is 1. The van der Waals surface area contributed by atoms with Crippen LogP contribution in [0.4, 0.5) is 17.6 Å². The molecule has 2 N–H and O–H groups in total. The number of nitrogens with zero attached hydrogens (tertiary/aromatic N) is 1. The van der Waals surface area contributed by atoms with Crippen molar-refractivity contribution in [2.75, 3.05) is 0 Å². The number of carbonyl (C=O) groups is 1. The molecule has 0 bridgehead atoms. The van der Waals surface area contributed by atoms with Gasteiger partial charge in [-0.1, -0.05) is 0 Å². The maximum atomic E-state index is 13.4. The van der Waals surface area contributed by atoms with Crippen molar-refractivity contribution < 1.29 is 40.3 Å². The molecule has 2 heterocycles. The summed E-state index contributed by atoms with van der Waals surface area (Å²) in [7, 11) is -4.20. The first kappa shape index (κ1) is 26.3. The Balaban J connectivity index is 1.42. The predicted molar refractivity (Wildman–Crippen MR) is 126 cm³/mol. The lowest BCUT2D eigenvalue weighted by molar-refractivity contribution is -0.137. The predicted octanol–water partition coefficient (Wildman–Crippen LogP) is 5.23. The number of alkyl halides is 3. The number of carbonyl (C=O) groups excluding carboxylic acids is 1. The Labute approximate surface area is 208 Å². The molecule has 0 spiro atoms. The second kappa shape index (κ2) is 9.94. The van der Waals surface area contributed by atoms with Crippen molar-refractivity contribution in [1.29, 1.82) is 0 Å². The number of rotatable bonds is 8. The second-order valence-electron chi connectivity index (χ2n) is 8.34. The summed E-state index contributed by atoms with van der Waals surface area (Å²) in [5, 5.41) is 9.87. The minimum absolute atomic E-state index is 0.0581. The van der Waals surface area contributed by atoms with Crippen molar-refractivity contribution in [3.63, 3.8) is 0 Å². The van der Waals surface area contributed by atoms with Crippen molar-refractivity contribution in [2.24, 2.45) is 0 Å². The number of aromatic hydroxyl groups is 1. The molecule has 4 aromatic rings. The Morgan fingerprint density at radius 3 is 2.57 bits per heavy atom. The Morgan fingerprint density at radius 2 is 1.86 bits per heavy atom. The highest BCUT2D eigenvalue weighted by Crippen LogP contribution is 2.36. The highest BCUT2D eigenvalue weighted by molar-refractivity contribution is 7.89. The topological polar surface area (TPSA) is 110 Å². The molecule has 0 saturated heterocycles. The molecular weight excluding hydrogens is 516 g/mol. The first-order chi connectivity index (χ1) is 17.3. The molecular formula is C25H20F4N2O5S. The van der Waals surface area contributed by atoms with Crippen molar-refractivity contribution >= 4 is 26.8 Å². The van der Waals surface area contributed by atoms with Gasteiger partial charge in [0, 0.05) is 29.6 Å². The molecule has 1 unspecified atom stereocenters. The van der Waals surface area contributed by atoms with Crippen molar-refractivity contribution in [3.8, 4) is 17.0 Å². The molecule has 7 nitrogen and oxygen atoms in total. The van der Waals surface area contributed by atoms with Gasteiger partial charge >= 0.3 is 6.18 Å². The average Bonchev–Trinajstić information content (AvgIpc) is 3.26. The summed E-state index contributed by atoms with van der Waals surface area (Å²) in [6, 6.07) is 9.29. The number of halogens is 4. The lowest BCUT2D eigenvalue weighted by atomic mass is 10.0. The number of sulfonamides is 1. The summed E-state index contributed by atoms with van der Waals surface area (Å²) < 4.78 is 84.7. The van der Waals surface area contributed by atoms with E-state index in [9.17, 15) is 35.9 Å². The normalized spacial score (nSPS) is 13.1. The fourth-order valence-electron chi connectivity index (χ4n) is 3.66. The van der Waals surface area contributed by atoms with E-state index in [-0.39, 0.29) is 35.1 Å². The van der Waals surface area contributed by atoms with Crippen molar-refractivity contribution in [1.82, 2.24) is 9.71 Å². The van der Waals surface area contributed by atoms with Crippen LogP contribution in [0.15, 0.2) is 70.3 Å². The zero-order valence-corrected chi connectivity index (χ0v) is 20.0. The van der Waals surface area contributed by atoms with Gasteiger partial charge in [-0.05, 0) is 67.4 Å². The van der Waals surface area contributed by atoms with Crippen LogP contribution < -0.4 is 4.72 Å². The molecule has 2 aromatic carbocycles. The Morgan fingerprint density at radius 1 is 1.11 bits per heavy atom. The zero-order valence-electron chi connectivity index (χ0n) is 19.2. The summed E-state index contributed by atoms with van der Waals surface area (Å²) in [6.45, 7) is 1.38. The summed E-state index contributed by atoms with van der Waals surface area (Å²) in [4.78, 5) is 16.7. The van der Waals surface area contributed by atoms with E-state index in [2.05, 4.69) is 9.71 Å². The van der Waals surface area contributed by atoms with Gasteiger partial charge in [0.25, 0.3) is 10.0 Å². The van der Waals surface area contributed by atoms with Crippen LogP contribution in [0, 0.1) is 5.82 Å². The largest absolute Gasteiger partial charge is 0.507 e. The molecule has 0 fully saturated rings. The molecule has 194 valence electrons. The van der Waals surface area contributed by atoms with E-state index in [1.165, 1.54) is 25.3 Å². The second-order valence-corrected chi connectivity index (χ2v) is 9.98. The highest BCUT2D eigenvalue weighted by Gasteiger charge is 2.31. The monoisotopic (exact) mass is 536 g/mol. The number of phenolic OH excluding ortho intramolecular Hbond substituents is 1. The molecule has 0 aliphatic heterocycles. The highest BCUT2D eigenvalue weighted by atomic mass is 32.2.